The predicted octanol–water partition coefficient (Wildman–Crippen LogP) is 4.18. The average Bonchev–Trinajstić information content (AvgIpc) is 2.74. The third-order valence-electron chi connectivity index (χ3n) is 5.03. The summed E-state index contributed by atoms with van der Waals surface area (Å²) in [5, 5.41) is 0. The SMILES string of the molecule is Cc1nc(-c2cccc(Br)c2)ccc1C(=O)N1CCN(c2ccncc2)CC1. The number of benzene rings is 1. The summed E-state index contributed by atoms with van der Waals surface area (Å²) in [6.07, 6.45) is 3.60. The van der Waals surface area contributed by atoms with E-state index in [0.29, 0.717) is 18.7 Å². The first-order chi connectivity index (χ1) is 13.6. The molecule has 1 saturated heterocycles. The molecule has 1 aliphatic rings. The van der Waals surface area contributed by atoms with Crippen LogP contribution in [-0.4, -0.2) is 47.0 Å². The maximum atomic E-state index is 13.0. The Hall–Kier alpha value is -2.73. The lowest BCUT2D eigenvalue weighted by atomic mass is 10.1. The Bertz CT molecular complexity index is 985. The van der Waals surface area contributed by atoms with E-state index in [2.05, 4.69) is 30.8 Å². The molecule has 3 aromatic rings. The fraction of sp³-hybridized carbons (Fsp3) is 0.227. The molecule has 142 valence electrons. The topological polar surface area (TPSA) is 49.3 Å². The number of halogens is 1. The molecule has 1 aromatic carbocycles. The third-order valence-corrected chi connectivity index (χ3v) is 5.52. The van der Waals surface area contributed by atoms with Crippen LogP contribution in [0.25, 0.3) is 11.3 Å². The van der Waals surface area contributed by atoms with E-state index in [-0.39, 0.29) is 5.91 Å². The van der Waals surface area contributed by atoms with Crippen molar-refractivity contribution in [1.29, 1.82) is 0 Å². The first kappa shape index (κ1) is 18.6. The van der Waals surface area contributed by atoms with E-state index in [0.717, 1.165) is 40.2 Å². The Kier molecular flexibility index (Phi) is 5.39. The summed E-state index contributed by atoms with van der Waals surface area (Å²) >= 11 is 3.49. The van der Waals surface area contributed by atoms with Gasteiger partial charge in [-0.2, -0.15) is 0 Å². The number of aryl methyl sites for hydroxylation is 1. The molecule has 2 aromatic heterocycles. The van der Waals surface area contributed by atoms with E-state index in [4.69, 9.17) is 0 Å². The highest BCUT2D eigenvalue weighted by Gasteiger charge is 2.24. The first-order valence-corrected chi connectivity index (χ1v) is 10.1. The molecule has 1 amide bonds. The number of hydrogen-bond acceptors (Lipinski definition) is 4. The Balaban J connectivity index is 1.47. The number of piperazine rings is 1. The largest absolute Gasteiger partial charge is 0.368 e. The molecule has 1 aliphatic heterocycles. The minimum Gasteiger partial charge on any atom is -0.368 e. The first-order valence-electron chi connectivity index (χ1n) is 9.29. The Morgan fingerprint density at radius 2 is 1.75 bits per heavy atom. The molecule has 0 atom stereocenters. The highest BCUT2D eigenvalue weighted by molar-refractivity contribution is 9.10. The second kappa shape index (κ2) is 8.10. The molecule has 28 heavy (non-hydrogen) atoms. The zero-order valence-corrected chi connectivity index (χ0v) is 17.3. The van der Waals surface area contributed by atoms with Gasteiger partial charge in [-0.05, 0) is 43.3 Å². The van der Waals surface area contributed by atoms with Crippen LogP contribution in [0.3, 0.4) is 0 Å². The molecular weight excluding hydrogens is 416 g/mol. The lowest BCUT2D eigenvalue weighted by Gasteiger charge is -2.36. The molecule has 0 saturated carbocycles. The second-order valence-electron chi connectivity index (χ2n) is 6.82. The minimum atomic E-state index is 0.0557. The highest BCUT2D eigenvalue weighted by Crippen LogP contribution is 2.23. The fourth-order valence-corrected chi connectivity index (χ4v) is 3.89. The number of amides is 1. The van der Waals surface area contributed by atoms with Gasteiger partial charge >= 0.3 is 0 Å². The van der Waals surface area contributed by atoms with Gasteiger partial charge in [-0.3, -0.25) is 14.8 Å². The fourth-order valence-electron chi connectivity index (χ4n) is 3.49. The zero-order chi connectivity index (χ0) is 19.5. The summed E-state index contributed by atoms with van der Waals surface area (Å²) < 4.78 is 1.01. The van der Waals surface area contributed by atoms with Gasteiger partial charge < -0.3 is 9.80 Å². The minimum absolute atomic E-state index is 0.0557. The Morgan fingerprint density at radius 3 is 2.43 bits per heavy atom. The standard InChI is InChI=1S/C22H21BrN4O/c1-16-20(5-6-21(25-16)17-3-2-4-18(23)15-17)22(28)27-13-11-26(12-14-27)19-7-9-24-10-8-19/h2-10,15H,11-14H2,1H3. The summed E-state index contributed by atoms with van der Waals surface area (Å²) in [6, 6.07) is 15.9. The lowest BCUT2D eigenvalue weighted by Crippen LogP contribution is -2.49. The zero-order valence-electron chi connectivity index (χ0n) is 15.7. The van der Waals surface area contributed by atoms with Crippen molar-refractivity contribution in [3.63, 3.8) is 0 Å². The Morgan fingerprint density at radius 1 is 1.00 bits per heavy atom. The Labute approximate surface area is 173 Å². The normalized spacial score (nSPS) is 14.2. The van der Waals surface area contributed by atoms with Crippen molar-refractivity contribution in [2.45, 2.75) is 6.92 Å². The van der Waals surface area contributed by atoms with Gasteiger partial charge in [0.15, 0.2) is 0 Å². The second-order valence-corrected chi connectivity index (χ2v) is 7.74. The van der Waals surface area contributed by atoms with E-state index in [1.807, 2.05) is 60.4 Å². The van der Waals surface area contributed by atoms with Gasteiger partial charge in [0.2, 0.25) is 0 Å². The van der Waals surface area contributed by atoms with Crippen molar-refractivity contribution < 1.29 is 4.79 Å². The van der Waals surface area contributed by atoms with Gasteiger partial charge in [-0.15, -0.1) is 0 Å². The quantitative estimate of drug-likeness (QED) is 0.617. The van der Waals surface area contributed by atoms with Crippen molar-refractivity contribution in [2.24, 2.45) is 0 Å². The van der Waals surface area contributed by atoms with Crippen LogP contribution >= 0.6 is 15.9 Å². The smallest absolute Gasteiger partial charge is 0.255 e. The van der Waals surface area contributed by atoms with Gasteiger partial charge in [-0.1, -0.05) is 28.1 Å². The number of pyridine rings is 2. The summed E-state index contributed by atoms with van der Waals surface area (Å²) in [5.41, 5.74) is 4.49. The van der Waals surface area contributed by atoms with Crippen molar-refractivity contribution in [2.75, 3.05) is 31.1 Å². The molecular formula is C22H21BrN4O. The molecule has 0 N–H and O–H groups in total. The van der Waals surface area contributed by atoms with E-state index >= 15 is 0 Å². The van der Waals surface area contributed by atoms with Crippen LogP contribution in [-0.2, 0) is 0 Å². The lowest BCUT2D eigenvalue weighted by molar-refractivity contribution is 0.0745. The highest BCUT2D eigenvalue weighted by atomic mass is 79.9. The van der Waals surface area contributed by atoms with Gasteiger partial charge in [0.1, 0.15) is 0 Å². The maximum Gasteiger partial charge on any atom is 0.255 e. The predicted molar refractivity (Wildman–Crippen MR) is 114 cm³/mol. The van der Waals surface area contributed by atoms with Gasteiger partial charge in [0.25, 0.3) is 5.91 Å². The molecule has 4 rings (SSSR count). The number of hydrogen-bond donors (Lipinski definition) is 0. The molecule has 1 fully saturated rings. The van der Waals surface area contributed by atoms with Gasteiger partial charge in [-0.25, -0.2) is 0 Å². The number of carbonyl (C=O) groups is 1. The summed E-state index contributed by atoms with van der Waals surface area (Å²) in [7, 11) is 0. The van der Waals surface area contributed by atoms with Crippen LogP contribution in [0.15, 0.2) is 65.4 Å². The number of anilines is 1. The molecule has 0 spiro atoms. The van der Waals surface area contributed by atoms with Crippen molar-refractivity contribution in [1.82, 2.24) is 14.9 Å². The summed E-state index contributed by atoms with van der Waals surface area (Å²) in [4.78, 5) is 26.0. The molecule has 0 bridgehead atoms. The number of carbonyl (C=O) groups excluding carboxylic acids is 1. The molecule has 0 radical (unpaired) electrons. The molecule has 5 nitrogen and oxygen atoms in total. The van der Waals surface area contributed by atoms with Gasteiger partial charge in [0, 0.05) is 54.3 Å². The van der Waals surface area contributed by atoms with E-state index < -0.39 is 0 Å². The van der Waals surface area contributed by atoms with E-state index in [1.165, 1.54) is 0 Å². The van der Waals surface area contributed by atoms with Crippen LogP contribution < -0.4 is 4.90 Å². The van der Waals surface area contributed by atoms with Crippen molar-refractivity contribution >= 4 is 27.5 Å². The van der Waals surface area contributed by atoms with Crippen LogP contribution in [0.4, 0.5) is 5.69 Å². The molecule has 0 aliphatic carbocycles. The number of aromatic nitrogens is 2. The average molecular weight is 437 g/mol. The van der Waals surface area contributed by atoms with Crippen molar-refractivity contribution in [3.05, 3.63) is 76.7 Å². The van der Waals surface area contributed by atoms with E-state index in [1.54, 1.807) is 12.4 Å². The van der Waals surface area contributed by atoms with Gasteiger partial charge in [0.05, 0.1) is 17.0 Å². The summed E-state index contributed by atoms with van der Waals surface area (Å²) in [6.45, 7) is 4.95. The maximum absolute atomic E-state index is 13.0. The van der Waals surface area contributed by atoms with Crippen LogP contribution in [0.1, 0.15) is 16.1 Å². The molecule has 3 heterocycles. The number of rotatable bonds is 3. The van der Waals surface area contributed by atoms with Crippen LogP contribution in [0, 0.1) is 6.92 Å². The van der Waals surface area contributed by atoms with Crippen LogP contribution in [0.2, 0.25) is 0 Å². The summed E-state index contributed by atoms with van der Waals surface area (Å²) in [5.74, 6) is 0.0557. The van der Waals surface area contributed by atoms with Crippen LogP contribution in [0.5, 0.6) is 0 Å². The molecule has 6 heteroatoms. The third kappa shape index (κ3) is 3.92. The molecule has 0 unspecified atom stereocenters. The number of nitrogens with zero attached hydrogens (tertiary/aromatic N) is 4. The van der Waals surface area contributed by atoms with E-state index in [9.17, 15) is 4.79 Å². The monoisotopic (exact) mass is 436 g/mol. The van der Waals surface area contributed by atoms with Crippen molar-refractivity contribution in [3.8, 4) is 11.3 Å².